The fourth-order valence-electron chi connectivity index (χ4n) is 3.25. The highest BCUT2D eigenvalue weighted by Crippen LogP contribution is 2.17. The maximum atomic E-state index is 11.7. The molecule has 2 unspecified atom stereocenters. The summed E-state index contributed by atoms with van der Waals surface area (Å²) in [5.74, 6) is 0. The molecule has 8 nitrogen and oxygen atoms in total. The van der Waals surface area contributed by atoms with Crippen molar-refractivity contribution in [2.75, 3.05) is 40.4 Å². The Morgan fingerprint density at radius 2 is 1.03 bits per heavy atom. The molecule has 0 aromatic rings. The zero-order valence-corrected chi connectivity index (χ0v) is 20.2. The van der Waals surface area contributed by atoms with Crippen molar-refractivity contribution in [1.82, 2.24) is 9.80 Å². The quantitative estimate of drug-likeness (QED) is 0.657. The number of nitrogens with zero attached hydrogens (tertiary/aromatic N) is 2. The Labute approximate surface area is 182 Å². The van der Waals surface area contributed by atoms with E-state index in [1.165, 1.54) is 0 Å². The van der Waals surface area contributed by atoms with E-state index in [4.69, 9.17) is 18.9 Å². The van der Waals surface area contributed by atoms with E-state index < -0.39 is 11.2 Å². The van der Waals surface area contributed by atoms with Crippen LogP contribution in [-0.4, -0.2) is 85.8 Å². The van der Waals surface area contributed by atoms with Crippen LogP contribution in [0.1, 0.15) is 67.2 Å². The van der Waals surface area contributed by atoms with Crippen molar-refractivity contribution in [2.45, 2.75) is 90.6 Å². The number of hydrogen-bond acceptors (Lipinski definition) is 6. The first-order chi connectivity index (χ1) is 13.8. The second-order valence-corrected chi connectivity index (χ2v) is 9.85. The predicted molar refractivity (Wildman–Crippen MR) is 116 cm³/mol. The molecular formula is C22H42N2O6. The summed E-state index contributed by atoms with van der Waals surface area (Å²) < 4.78 is 21.1. The lowest BCUT2D eigenvalue weighted by atomic mass is 10.1. The molecule has 0 spiro atoms. The number of piperidine rings is 2. The van der Waals surface area contributed by atoms with Crippen molar-refractivity contribution < 1.29 is 28.5 Å². The van der Waals surface area contributed by atoms with Crippen molar-refractivity contribution in [3.05, 3.63) is 0 Å². The van der Waals surface area contributed by atoms with Crippen molar-refractivity contribution in [3.8, 4) is 0 Å². The molecule has 2 fully saturated rings. The number of likely N-dealkylation sites (tertiary alicyclic amines) is 2. The first kappa shape index (κ1) is 26.5. The summed E-state index contributed by atoms with van der Waals surface area (Å²) in [5.41, 5.74) is -0.839. The van der Waals surface area contributed by atoms with Crippen LogP contribution in [0.15, 0.2) is 0 Å². The van der Waals surface area contributed by atoms with Gasteiger partial charge in [-0.2, -0.15) is 0 Å². The second kappa shape index (κ2) is 11.7. The lowest BCUT2D eigenvalue weighted by Gasteiger charge is -2.33. The Morgan fingerprint density at radius 3 is 1.30 bits per heavy atom. The molecule has 2 aliphatic rings. The van der Waals surface area contributed by atoms with Gasteiger partial charge in [-0.05, 0) is 67.2 Å². The standard InChI is InChI=1S/2C11H21NO3/c2*1-11(2,3)15-10(13)12-7-5-6-9(8-12)14-4/h2*9H,5-8H2,1-4H3. The molecule has 0 aromatic carbocycles. The number of ether oxygens (including phenoxy) is 4. The van der Waals surface area contributed by atoms with Gasteiger partial charge in [0.05, 0.1) is 25.3 Å². The van der Waals surface area contributed by atoms with Gasteiger partial charge in [-0.3, -0.25) is 0 Å². The Balaban J connectivity index is 0.000000300. The number of rotatable bonds is 2. The van der Waals surface area contributed by atoms with Crippen LogP contribution in [0, 0.1) is 0 Å². The molecule has 2 amide bonds. The van der Waals surface area contributed by atoms with E-state index in [9.17, 15) is 9.59 Å². The lowest BCUT2D eigenvalue weighted by Crippen LogP contribution is -2.45. The molecule has 0 aromatic heterocycles. The van der Waals surface area contributed by atoms with E-state index in [2.05, 4.69) is 0 Å². The second-order valence-electron chi connectivity index (χ2n) is 9.85. The third-order valence-corrected chi connectivity index (χ3v) is 4.73. The smallest absolute Gasteiger partial charge is 0.410 e. The molecule has 2 atom stereocenters. The molecule has 0 saturated carbocycles. The van der Waals surface area contributed by atoms with E-state index in [0.717, 1.165) is 38.8 Å². The number of carbonyl (C=O) groups excluding carboxylic acids is 2. The van der Waals surface area contributed by atoms with Gasteiger partial charge in [0.15, 0.2) is 0 Å². The van der Waals surface area contributed by atoms with Crippen molar-refractivity contribution in [3.63, 3.8) is 0 Å². The highest BCUT2D eigenvalue weighted by Gasteiger charge is 2.28. The van der Waals surface area contributed by atoms with E-state index >= 15 is 0 Å². The number of hydrogen-bond donors (Lipinski definition) is 0. The van der Waals surface area contributed by atoms with E-state index in [-0.39, 0.29) is 24.4 Å². The monoisotopic (exact) mass is 430 g/mol. The van der Waals surface area contributed by atoms with Crippen LogP contribution in [0.25, 0.3) is 0 Å². The molecule has 176 valence electrons. The Kier molecular flexibility index (Phi) is 10.4. The minimum absolute atomic E-state index is 0.159. The summed E-state index contributed by atoms with van der Waals surface area (Å²) in [6.07, 6.45) is 3.87. The van der Waals surface area contributed by atoms with Crippen LogP contribution in [0.4, 0.5) is 9.59 Å². The summed E-state index contributed by atoms with van der Waals surface area (Å²) >= 11 is 0. The van der Waals surface area contributed by atoms with Crippen LogP contribution in [0.5, 0.6) is 0 Å². The summed E-state index contributed by atoms with van der Waals surface area (Å²) in [6.45, 7) is 14.1. The summed E-state index contributed by atoms with van der Waals surface area (Å²) in [7, 11) is 3.37. The van der Waals surface area contributed by atoms with Crippen LogP contribution in [0.2, 0.25) is 0 Å². The van der Waals surface area contributed by atoms with Crippen molar-refractivity contribution in [1.29, 1.82) is 0 Å². The highest BCUT2D eigenvalue weighted by molar-refractivity contribution is 5.68. The molecule has 2 heterocycles. The van der Waals surface area contributed by atoms with Gasteiger partial charge in [-0.1, -0.05) is 0 Å². The van der Waals surface area contributed by atoms with Gasteiger partial charge in [0.25, 0.3) is 0 Å². The first-order valence-corrected chi connectivity index (χ1v) is 10.9. The summed E-state index contributed by atoms with van der Waals surface area (Å²) in [5, 5.41) is 0. The molecule has 2 saturated heterocycles. The molecule has 0 radical (unpaired) electrons. The van der Waals surface area contributed by atoms with Gasteiger partial charge >= 0.3 is 12.2 Å². The number of amides is 2. The van der Waals surface area contributed by atoms with Gasteiger partial charge < -0.3 is 28.7 Å². The van der Waals surface area contributed by atoms with Crippen LogP contribution in [0.3, 0.4) is 0 Å². The van der Waals surface area contributed by atoms with Crippen LogP contribution < -0.4 is 0 Å². The maximum absolute atomic E-state index is 11.7. The SMILES string of the molecule is COC1CCCN(C(=O)OC(C)(C)C)C1.COC1CCCN(C(=O)OC(C)(C)C)C1. The molecule has 30 heavy (non-hydrogen) atoms. The van der Waals surface area contributed by atoms with Gasteiger partial charge in [0.2, 0.25) is 0 Å². The number of carbonyl (C=O) groups is 2. The van der Waals surface area contributed by atoms with Gasteiger partial charge in [-0.25, -0.2) is 9.59 Å². The van der Waals surface area contributed by atoms with Gasteiger partial charge in [-0.15, -0.1) is 0 Å². The average molecular weight is 431 g/mol. The molecule has 0 aliphatic carbocycles. The largest absolute Gasteiger partial charge is 0.444 e. The Morgan fingerprint density at radius 1 is 0.700 bits per heavy atom. The third kappa shape index (κ3) is 10.5. The van der Waals surface area contributed by atoms with Gasteiger partial charge in [0.1, 0.15) is 11.2 Å². The molecule has 8 heteroatoms. The van der Waals surface area contributed by atoms with Crippen molar-refractivity contribution >= 4 is 12.2 Å². The molecule has 0 bridgehead atoms. The maximum Gasteiger partial charge on any atom is 0.410 e. The van der Waals surface area contributed by atoms with Crippen LogP contribution in [-0.2, 0) is 18.9 Å². The average Bonchev–Trinajstić information content (AvgIpc) is 2.66. The highest BCUT2D eigenvalue weighted by atomic mass is 16.6. The van der Waals surface area contributed by atoms with Gasteiger partial charge in [0, 0.05) is 27.3 Å². The van der Waals surface area contributed by atoms with Crippen molar-refractivity contribution in [2.24, 2.45) is 0 Å². The summed E-state index contributed by atoms with van der Waals surface area (Å²) in [6, 6.07) is 0. The molecule has 2 rings (SSSR count). The normalized spacial score (nSPS) is 22.7. The fourth-order valence-corrected chi connectivity index (χ4v) is 3.25. The Hall–Kier alpha value is -1.54. The molecule has 0 N–H and O–H groups in total. The molecular weight excluding hydrogens is 388 g/mol. The zero-order valence-electron chi connectivity index (χ0n) is 20.2. The predicted octanol–water partition coefficient (Wildman–Crippen LogP) is 4.06. The summed E-state index contributed by atoms with van der Waals surface area (Å²) in [4.78, 5) is 26.9. The first-order valence-electron chi connectivity index (χ1n) is 10.9. The third-order valence-electron chi connectivity index (χ3n) is 4.73. The lowest BCUT2D eigenvalue weighted by molar-refractivity contribution is -0.00662. The minimum atomic E-state index is -0.420. The molecule has 2 aliphatic heterocycles. The van der Waals surface area contributed by atoms with Crippen LogP contribution >= 0.6 is 0 Å². The van der Waals surface area contributed by atoms with E-state index in [1.807, 2.05) is 41.5 Å². The van der Waals surface area contributed by atoms with E-state index in [0.29, 0.717) is 13.1 Å². The Bertz CT molecular complexity index is 493. The van der Waals surface area contributed by atoms with E-state index in [1.54, 1.807) is 24.0 Å². The fraction of sp³-hybridized carbons (Fsp3) is 0.909. The zero-order chi connectivity index (χ0) is 22.9. The number of methoxy groups -OCH3 is 2. The topological polar surface area (TPSA) is 77.5 Å². The minimum Gasteiger partial charge on any atom is -0.444 e.